The number of hydrogen-bond acceptors (Lipinski definition) is 3. The van der Waals surface area contributed by atoms with Crippen molar-refractivity contribution in [2.24, 2.45) is 0 Å². The predicted molar refractivity (Wildman–Crippen MR) is 52.1 cm³/mol. The molecule has 3 nitrogen and oxygen atoms in total. The number of thiol groups is 1. The first kappa shape index (κ1) is 8.31. The van der Waals surface area contributed by atoms with E-state index in [4.69, 9.17) is 4.42 Å². The van der Waals surface area contributed by atoms with Gasteiger partial charge >= 0.3 is 0 Å². The summed E-state index contributed by atoms with van der Waals surface area (Å²) in [5.41, 5.74) is 1.91. The molecule has 0 aliphatic rings. The Bertz CT molecular complexity index is 475. The van der Waals surface area contributed by atoms with Gasteiger partial charge in [0.25, 0.3) is 0 Å². The summed E-state index contributed by atoms with van der Waals surface area (Å²) in [7, 11) is 0. The van der Waals surface area contributed by atoms with Gasteiger partial charge in [0.1, 0.15) is 5.52 Å². The first-order valence-electron chi connectivity index (χ1n) is 3.77. The SMILES string of the molecule is Cc1nc2cc(C(=O)S)ccc2o1. The zero-order chi connectivity index (χ0) is 9.42. The summed E-state index contributed by atoms with van der Waals surface area (Å²) >= 11 is 3.72. The molecule has 0 unspecified atom stereocenters. The molecule has 0 saturated carbocycles. The van der Waals surface area contributed by atoms with Crippen molar-refractivity contribution < 1.29 is 9.21 Å². The van der Waals surface area contributed by atoms with Crippen molar-refractivity contribution in [1.82, 2.24) is 4.98 Å². The van der Waals surface area contributed by atoms with Crippen LogP contribution in [0.5, 0.6) is 0 Å². The molecular formula is C9H7NO2S. The minimum atomic E-state index is -0.262. The zero-order valence-electron chi connectivity index (χ0n) is 6.94. The van der Waals surface area contributed by atoms with E-state index in [1.54, 1.807) is 25.1 Å². The highest BCUT2D eigenvalue weighted by Crippen LogP contribution is 2.17. The molecule has 2 aromatic rings. The molecule has 4 heteroatoms. The second-order valence-electron chi connectivity index (χ2n) is 2.72. The van der Waals surface area contributed by atoms with Gasteiger partial charge in [-0.25, -0.2) is 4.98 Å². The van der Waals surface area contributed by atoms with Crippen LogP contribution >= 0.6 is 12.6 Å². The second-order valence-corrected chi connectivity index (χ2v) is 3.13. The van der Waals surface area contributed by atoms with Crippen LogP contribution in [0.1, 0.15) is 16.2 Å². The number of hydrogen-bond donors (Lipinski definition) is 1. The third kappa shape index (κ3) is 1.45. The molecule has 66 valence electrons. The number of carbonyl (C=O) groups excluding carboxylic acids is 1. The maximum absolute atomic E-state index is 10.9. The van der Waals surface area contributed by atoms with Gasteiger partial charge < -0.3 is 4.42 Å². The summed E-state index contributed by atoms with van der Waals surface area (Å²) in [5, 5.41) is -0.262. The van der Waals surface area contributed by atoms with E-state index in [1.165, 1.54) is 0 Å². The van der Waals surface area contributed by atoms with Crippen molar-refractivity contribution in [3.63, 3.8) is 0 Å². The van der Waals surface area contributed by atoms with Gasteiger partial charge in [-0.15, -0.1) is 12.6 Å². The highest BCUT2D eigenvalue weighted by molar-refractivity contribution is 7.97. The van der Waals surface area contributed by atoms with Gasteiger partial charge in [-0.1, -0.05) is 0 Å². The van der Waals surface area contributed by atoms with Crippen LogP contribution in [0.4, 0.5) is 0 Å². The minimum Gasteiger partial charge on any atom is -0.441 e. The molecule has 0 spiro atoms. The van der Waals surface area contributed by atoms with Gasteiger partial charge in [0.15, 0.2) is 11.5 Å². The molecule has 0 aliphatic carbocycles. The highest BCUT2D eigenvalue weighted by atomic mass is 32.1. The van der Waals surface area contributed by atoms with E-state index in [-0.39, 0.29) is 5.12 Å². The fourth-order valence-electron chi connectivity index (χ4n) is 1.18. The summed E-state index contributed by atoms with van der Waals surface area (Å²) in [6.45, 7) is 1.77. The van der Waals surface area contributed by atoms with E-state index in [2.05, 4.69) is 17.6 Å². The number of benzene rings is 1. The lowest BCUT2D eigenvalue weighted by molar-refractivity contribution is 0.109. The maximum atomic E-state index is 10.9. The van der Waals surface area contributed by atoms with Gasteiger partial charge in [0, 0.05) is 12.5 Å². The first-order chi connectivity index (χ1) is 6.16. The lowest BCUT2D eigenvalue weighted by Gasteiger charge is -1.91. The van der Waals surface area contributed by atoms with Crippen molar-refractivity contribution in [3.05, 3.63) is 29.7 Å². The normalized spacial score (nSPS) is 10.6. The van der Waals surface area contributed by atoms with Crippen LogP contribution in [0.15, 0.2) is 22.6 Å². The summed E-state index contributed by atoms with van der Waals surface area (Å²) in [6.07, 6.45) is 0. The third-order valence-electron chi connectivity index (χ3n) is 1.74. The van der Waals surface area contributed by atoms with Gasteiger partial charge in [-0.05, 0) is 18.2 Å². The molecule has 0 atom stereocenters. The Morgan fingerprint density at radius 2 is 2.31 bits per heavy atom. The second kappa shape index (κ2) is 2.88. The van der Waals surface area contributed by atoms with Crippen molar-refractivity contribution in [3.8, 4) is 0 Å². The van der Waals surface area contributed by atoms with Gasteiger partial charge in [0.2, 0.25) is 5.12 Å². The molecule has 0 amide bonds. The summed E-state index contributed by atoms with van der Waals surface area (Å²) in [5.74, 6) is 0.596. The predicted octanol–water partition coefficient (Wildman–Crippen LogP) is 2.21. The fourth-order valence-corrected chi connectivity index (χ4v) is 1.31. The number of oxazole rings is 1. The molecule has 0 saturated heterocycles. The Kier molecular flexibility index (Phi) is 1.84. The molecule has 1 heterocycles. The number of carbonyl (C=O) groups is 1. The molecule has 0 radical (unpaired) electrons. The molecule has 0 N–H and O–H groups in total. The van der Waals surface area contributed by atoms with Crippen LogP contribution in [-0.4, -0.2) is 10.1 Å². The smallest absolute Gasteiger partial charge is 0.216 e. The molecule has 0 bridgehead atoms. The first-order valence-corrected chi connectivity index (χ1v) is 4.22. The largest absolute Gasteiger partial charge is 0.441 e. The lowest BCUT2D eigenvalue weighted by atomic mass is 10.2. The van der Waals surface area contributed by atoms with Crippen LogP contribution in [0.3, 0.4) is 0 Å². The Balaban J connectivity index is 2.67. The Morgan fingerprint density at radius 3 is 3.00 bits per heavy atom. The molecule has 1 aromatic heterocycles. The van der Waals surface area contributed by atoms with Gasteiger partial charge in [-0.2, -0.15) is 0 Å². The summed E-state index contributed by atoms with van der Waals surface area (Å²) < 4.78 is 5.26. The molecule has 0 aliphatic heterocycles. The maximum Gasteiger partial charge on any atom is 0.216 e. The van der Waals surface area contributed by atoms with Gasteiger partial charge in [0.05, 0.1) is 0 Å². The molecular weight excluding hydrogens is 186 g/mol. The van der Waals surface area contributed by atoms with Crippen molar-refractivity contribution in [2.75, 3.05) is 0 Å². The van der Waals surface area contributed by atoms with Crippen LogP contribution in [0.25, 0.3) is 11.1 Å². The van der Waals surface area contributed by atoms with E-state index in [0.29, 0.717) is 22.6 Å². The fraction of sp³-hybridized carbons (Fsp3) is 0.111. The average molecular weight is 193 g/mol. The number of nitrogens with zero attached hydrogens (tertiary/aromatic N) is 1. The average Bonchev–Trinajstić information content (AvgIpc) is 2.42. The van der Waals surface area contributed by atoms with E-state index in [9.17, 15) is 4.79 Å². The van der Waals surface area contributed by atoms with E-state index < -0.39 is 0 Å². The quantitative estimate of drug-likeness (QED) is 0.706. The van der Waals surface area contributed by atoms with Crippen molar-refractivity contribution >= 4 is 28.8 Å². The Hall–Kier alpha value is -1.29. The molecule has 1 aromatic carbocycles. The monoisotopic (exact) mass is 193 g/mol. The van der Waals surface area contributed by atoms with E-state index in [1.807, 2.05) is 0 Å². The van der Waals surface area contributed by atoms with Crippen molar-refractivity contribution in [1.29, 1.82) is 0 Å². The zero-order valence-corrected chi connectivity index (χ0v) is 7.84. The summed E-state index contributed by atoms with van der Waals surface area (Å²) in [4.78, 5) is 15.0. The van der Waals surface area contributed by atoms with Crippen LogP contribution in [0.2, 0.25) is 0 Å². The standard InChI is InChI=1S/C9H7NO2S/c1-5-10-7-4-6(9(11)13)2-3-8(7)12-5/h2-4H,1H3,(H,11,13). The topological polar surface area (TPSA) is 43.1 Å². The molecule has 13 heavy (non-hydrogen) atoms. The number of aryl methyl sites for hydroxylation is 1. The molecule has 0 fully saturated rings. The Morgan fingerprint density at radius 1 is 1.54 bits per heavy atom. The minimum absolute atomic E-state index is 0.262. The van der Waals surface area contributed by atoms with Crippen LogP contribution in [-0.2, 0) is 0 Å². The number of fused-ring (bicyclic) bond motifs is 1. The van der Waals surface area contributed by atoms with Crippen molar-refractivity contribution in [2.45, 2.75) is 6.92 Å². The lowest BCUT2D eigenvalue weighted by Crippen LogP contribution is -1.87. The highest BCUT2D eigenvalue weighted by Gasteiger charge is 2.05. The number of rotatable bonds is 1. The molecule has 2 rings (SSSR count). The Labute approximate surface area is 80.2 Å². The van der Waals surface area contributed by atoms with Gasteiger partial charge in [-0.3, -0.25) is 4.79 Å². The van der Waals surface area contributed by atoms with E-state index >= 15 is 0 Å². The van der Waals surface area contributed by atoms with E-state index in [0.717, 1.165) is 0 Å². The van der Waals surface area contributed by atoms with Crippen LogP contribution < -0.4 is 0 Å². The third-order valence-corrected chi connectivity index (χ3v) is 2.00. The van der Waals surface area contributed by atoms with Crippen LogP contribution in [0, 0.1) is 6.92 Å². The number of aromatic nitrogens is 1. The summed E-state index contributed by atoms with van der Waals surface area (Å²) in [6, 6.07) is 5.06.